The van der Waals surface area contributed by atoms with E-state index in [0.29, 0.717) is 6.04 Å². The molecule has 2 nitrogen and oxygen atoms in total. The van der Waals surface area contributed by atoms with E-state index in [0.717, 1.165) is 16.9 Å². The van der Waals surface area contributed by atoms with E-state index < -0.39 is 0 Å². The molecule has 0 aromatic heterocycles. The van der Waals surface area contributed by atoms with Crippen molar-refractivity contribution in [1.29, 1.82) is 0 Å². The lowest BCUT2D eigenvalue weighted by molar-refractivity contribution is 0.395. The summed E-state index contributed by atoms with van der Waals surface area (Å²) in [5.74, 6) is 2.10. The van der Waals surface area contributed by atoms with Gasteiger partial charge in [-0.1, -0.05) is 0 Å². The Labute approximate surface area is 79.1 Å². The quantitative estimate of drug-likeness (QED) is 0.600. The van der Waals surface area contributed by atoms with Crippen molar-refractivity contribution in [3.8, 4) is 0 Å². The zero-order valence-electron chi connectivity index (χ0n) is 7.47. The fraction of sp³-hybridized carbons (Fsp3) is 0.889. The van der Waals surface area contributed by atoms with E-state index in [4.69, 9.17) is 12.2 Å². The summed E-state index contributed by atoms with van der Waals surface area (Å²) in [6.07, 6.45) is 5.54. The van der Waals surface area contributed by atoms with Gasteiger partial charge in [0, 0.05) is 13.1 Å². The molecule has 12 heavy (non-hydrogen) atoms. The first-order valence-corrected chi connectivity index (χ1v) is 5.18. The maximum atomic E-state index is 5.07. The number of fused-ring (bicyclic) bond motifs is 1. The molecule has 0 aromatic rings. The smallest absolute Gasteiger partial charge is 0.166 e. The predicted octanol–water partition coefficient (Wildman–Crippen LogP) is 1.27. The molecular formula is C9H16N2S. The molecule has 2 fully saturated rings. The summed E-state index contributed by atoms with van der Waals surface area (Å²) in [4.78, 5) is 0. The lowest BCUT2D eigenvalue weighted by atomic mass is 9.96. The zero-order chi connectivity index (χ0) is 8.55. The van der Waals surface area contributed by atoms with Gasteiger partial charge in [0.15, 0.2) is 5.11 Å². The second kappa shape index (κ2) is 3.21. The number of hydrogen-bond donors (Lipinski definition) is 2. The van der Waals surface area contributed by atoms with Gasteiger partial charge < -0.3 is 10.6 Å². The lowest BCUT2D eigenvalue weighted by Crippen LogP contribution is -2.41. The van der Waals surface area contributed by atoms with Crippen LogP contribution < -0.4 is 10.6 Å². The van der Waals surface area contributed by atoms with E-state index >= 15 is 0 Å². The maximum absolute atomic E-state index is 5.07. The lowest BCUT2D eigenvalue weighted by Gasteiger charge is -2.23. The molecule has 3 heteroatoms. The molecule has 0 aromatic carbocycles. The van der Waals surface area contributed by atoms with Crippen molar-refractivity contribution >= 4 is 17.3 Å². The van der Waals surface area contributed by atoms with Crippen molar-refractivity contribution in [3.05, 3.63) is 0 Å². The van der Waals surface area contributed by atoms with Gasteiger partial charge in [-0.25, -0.2) is 0 Å². The Balaban J connectivity index is 1.77. The fourth-order valence-electron chi connectivity index (χ4n) is 2.24. The van der Waals surface area contributed by atoms with Crippen LogP contribution in [0.5, 0.6) is 0 Å². The standard InChI is InChI=1S/C9H16N2S/c1-10-9(12)11-8-3-2-6-4-7(6)5-8/h6-8H,2-5H2,1H3,(H2,10,11,12). The van der Waals surface area contributed by atoms with E-state index in [1.807, 2.05) is 7.05 Å². The third kappa shape index (κ3) is 1.71. The fourth-order valence-corrected chi connectivity index (χ4v) is 2.41. The molecule has 68 valence electrons. The van der Waals surface area contributed by atoms with E-state index in [1.54, 1.807) is 0 Å². The molecule has 3 unspecified atom stereocenters. The zero-order valence-corrected chi connectivity index (χ0v) is 8.29. The van der Waals surface area contributed by atoms with Crippen LogP contribution in [-0.4, -0.2) is 18.2 Å². The monoisotopic (exact) mass is 184 g/mol. The van der Waals surface area contributed by atoms with Crippen molar-refractivity contribution in [2.45, 2.75) is 31.7 Å². The summed E-state index contributed by atoms with van der Waals surface area (Å²) in [6, 6.07) is 0.647. The number of rotatable bonds is 1. The van der Waals surface area contributed by atoms with Gasteiger partial charge in [0.05, 0.1) is 0 Å². The van der Waals surface area contributed by atoms with Crippen LogP contribution >= 0.6 is 12.2 Å². The van der Waals surface area contributed by atoms with Gasteiger partial charge in [-0.05, 0) is 49.7 Å². The molecule has 0 spiro atoms. The van der Waals surface area contributed by atoms with Gasteiger partial charge in [-0.2, -0.15) is 0 Å². The molecule has 0 radical (unpaired) electrons. The molecule has 2 aliphatic carbocycles. The van der Waals surface area contributed by atoms with Crippen LogP contribution in [0.1, 0.15) is 25.7 Å². The summed E-state index contributed by atoms with van der Waals surface area (Å²) >= 11 is 5.07. The maximum Gasteiger partial charge on any atom is 0.166 e. The van der Waals surface area contributed by atoms with Crippen molar-refractivity contribution in [2.24, 2.45) is 11.8 Å². The molecule has 2 saturated carbocycles. The molecule has 2 rings (SSSR count). The first kappa shape index (κ1) is 8.30. The molecule has 0 bridgehead atoms. The Morgan fingerprint density at radius 3 is 2.75 bits per heavy atom. The first-order valence-electron chi connectivity index (χ1n) is 4.78. The van der Waals surface area contributed by atoms with Crippen molar-refractivity contribution in [2.75, 3.05) is 7.05 Å². The summed E-state index contributed by atoms with van der Waals surface area (Å²) in [5, 5.41) is 7.11. The van der Waals surface area contributed by atoms with Crippen LogP contribution in [0.2, 0.25) is 0 Å². The average molecular weight is 184 g/mol. The van der Waals surface area contributed by atoms with Gasteiger partial charge in [-0.15, -0.1) is 0 Å². The number of nitrogens with one attached hydrogen (secondary N) is 2. The minimum Gasteiger partial charge on any atom is -0.366 e. The molecule has 2 N–H and O–H groups in total. The Kier molecular flexibility index (Phi) is 2.22. The molecule has 2 aliphatic rings. The molecule has 3 atom stereocenters. The number of hydrogen-bond acceptors (Lipinski definition) is 1. The van der Waals surface area contributed by atoms with Gasteiger partial charge in [0.2, 0.25) is 0 Å². The Morgan fingerprint density at radius 2 is 2.08 bits per heavy atom. The van der Waals surface area contributed by atoms with E-state index in [-0.39, 0.29) is 0 Å². The van der Waals surface area contributed by atoms with Gasteiger partial charge in [0.25, 0.3) is 0 Å². The minimum absolute atomic E-state index is 0.647. The normalized spacial score (nSPS) is 38.2. The SMILES string of the molecule is CNC(=S)NC1CCC2CC2C1. The van der Waals surface area contributed by atoms with E-state index in [9.17, 15) is 0 Å². The van der Waals surface area contributed by atoms with E-state index in [2.05, 4.69) is 10.6 Å². The largest absolute Gasteiger partial charge is 0.366 e. The van der Waals surface area contributed by atoms with Crippen molar-refractivity contribution in [3.63, 3.8) is 0 Å². The summed E-state index contributed by atoms with van der Waals surface area (Å²) in [5.41, 5.74) is 0. The predicted molar refractivity (Wildman–Crippen MR) is 54.0 cm³/mol. The van der Waals surface area contributed by atoms with Crippen LogP contribution in [0.15, 0.2) is 0 Å². The number of thiocarbonyl (C=S) groups is 1. The first-order chi connectivity index (χ1) is 5.79. The summed E-state index contributed by atoms with van der Waals surface area (Å²) < 4.78 is 0. The highest BCUT2D eigenvalue weighted by Crippen LogP contribution is 2.49. The van der Waals surface area contributed by atoms with E-state index in [1.165, 1.54) is 25.7 Å². The highest BCUT2D eigenvalue weighted by molar-refractivity contribution is 7.80. The third-order valence-corrected chi connectivity index (χ3v) is 3.43. The highest BCUT2D eigenvalue weighted by Gasteiger charge is 2.41. The van der Waals surface area contributed by atoms with Crippen LogP contribution in [0.4, 0.5) is 0 Å². The summed E-state index contributed by atoms with van der Waals surface area (Å²) in [6.45, 7) is 0. The van der Waals surface area contributed by atoms with Gasteiger partial charge in [-0.3, -0.25) is 0 Å². The average Bonchev–Trinajstić information content (AvgIpc) is 2.82. The van der Waals surface area contributed by atoms with Crippen LogP contribution in [0, 0.1) is 11.8 Å². The third-order valence-electron chi connectivity index (χ3n) is 3.10. The Bertz CT molecular complexity index is 193. The summed E-state index contributed by atoms with van der Waals surface area (Å²) in [7, 11) is 1.87. The van der Waals surface area contributed by atoms with Gasteiger partial charge in [0.1, 0.15) is 0 Å². The molecular weight excluding hydrogens is 168 g/mol. The molecule has 0 amide bonds. The van der Waals surface area contributed by atoms with Crippen LogP contribution in [0.3, 0.4) is 0 Å². The Hall–Kier alpha value is -0.310. The Morgan fingerprint density at radius 1 is 1.25 bits per heavy atom. The topological polar surface area (TPSA) is 24.1 Å². The molecule has 0 heterocycles. The van der Waals surface area contributed by atoms with Crippen LogP contribution in [0.25, 0.3) is 0 Å². The van der Waals surface area contributed by atoms with Crippen LogP contribution in [-0.2, 0) is 0 Å². The molecule has 0 aliphatic heterocycles. The second-order valence-corrected chi connectivity index (χ2v) is 4.40. The second-order valence-electron chi connectivity index (χ2n) is 3.99. The molecule has 0 saturated heterocycles. The highest BCUT2D eigenvalue weighted by atomic mass is 32.1. The van der Waals surface area contributed by atoms with Crippen molar-refractivity contribution < 1.29 is 0 Å². The van der Waals surface area contributed by atoms with Crippen molar-refractivity contribution in [1.82, 2.24) is 10.6 Å². The van der Waals surface area contributed by atoms with Gasteiger partial charge >= 0.3 is 0 Å². The minimum atomic E-state index is 0.647.